The molecular weight excluding hydrogens is 387 g/mol. The van der Waals surface area contributed by atoms with Crippen molar-refractivity contribution in [2.24, 2.45) is 7.05 Å². The van der Waals surface area contributed by atoms with Crippen molar-refractivity contribution in [2.45, 2.75) is 59.7 Å². The number of fused-ring (bicyclic) bond motifs is 1. The average molecular weight is 417 g/mol. The van der Waals surface area contributed by atoms with Gasteiger partial charge in [0.1, 0.15) is 13.3 Å². The molecule has 0 saturated carbocycles. The molecule has 1 N–H and O–H groups in total. The van der Waals surface area contributed by atoms with E-state index in [1.807, 2.05) is 6.92 Å². The molecule has 2 aromatic heterocycles. The first-order valence-corrected chi connectivity index (χ1v) is 10.5. The zero-order valence-electron chi connectivity index (χ0n) is 17.0. The Hall–Kier alpha value is -1.87. The van der Waals surface area contributed by atoms with Crippen LogP contribution in [0.2, 0.25) is 0 Å². The number of hydrogen-bond acceptors (Lipinski definition) is 6. The summed E-state index contributed by atoms with van der Waals surface area (Å²) in [6.07, 6.45) is 5.02. The van der Waals surface area contributed by atoms with Crippen molar-refractivity contribution < 1.29 is 18.7 Å². The lowest BCUT2D eigenvalue weighted by Crippen LogP contribution is -2.39. The van der Waals surface area contributed by atoms with Gasteiger partial charge >= 0.3 is 13.9 Å². The molecule has 2 heterocycles. The second-order valence-corrected chi connectivity index (χ2v) is 6.82. The molecule has 0 aliphatic rings. The highest BCUT2D eigenvalue weighted by molar-refractivity contribution is 7.32. The molecule has 28 heavy (non-hydrogen) atoms. The van der Waals surface area contributed by atoms with Crippen molar-refractivity contribution in [3.05, 3.63) is 27.2 Å². The van der Waals surface area contributed by atoms with Gasteiger partial charge in [0, 0.05) is 24.8 Å². The SMILES string of the molecule is CCCC.CCOCn1cnc2c1c(=O)n(CCCCO[P+](=O)O)c(=O)n2C. The summed E-state index contributed by atoms with van der Waals surface area (Å²) in [5, 5.41) is 0. The molecule has 0 bridgehead atoms. The molecule has 0 amide bonds. The minimum absolute atomic E-state index is 0.0886. The average Bonchev–Trinajstić information content (AvgIpc) is 3.11. The predicted molar refractivity (Wildman–Crippen MR) is 106 cm³/mol. The van der Waals surface area contributed by atoms with Crippen LogP contribution in [0.15, 0.2) is 15.9 Å². The lowest BCUT2D eigenvalue weighted by molar-refractivity contribution is 0.0903. The van der Waals surface area contributed by atoms with E-state index in [1.165, 1.54) is 23.7 Å². The van der Waals surface area contributed by atoms with Crippen molar-refractivity contribution in [3.63, 3.8) is 0 Å². The number of nitrogens with zero attached hydrogens (tertiary/aromatic N) is 4. The van der Waals surface area contributed by atoms with Crippen LogP contribution in [0, 0.1) is 0 Å². The fourth-order valence-electron chi connectivity index (χ4n) is 2.32. The van der Waals surface area contributed by atoms with E-state index in [-0.39, 0.29) is 19.9 Å². The van der Waals surface area contributed by atoms with Crippen molar-refractivity contribution in [1.82, 2.24) is 18.7 Å². The van der Waals surface area contributed by atoms with E-state index in [2.05, 4.69) is 23.4 Å². The number of unbranched alkanes of at least 4 members (excludes halogenated alkanes) is 2. The summed E-state index contributed by atoms with van der Waals surface area (Å²) in [6.45, 7) is 7.15. The van der Waals surface area contributed by atoms with Crippen LogP contribution in [0.3, 0.4) is 0 Å². The molecule has 1 atom stereocenters. The quantitative estimate of drug-likeness (QED) is 0.465. The highest BCUT2D eigenvalue weighted by Crippen LogP contribution is 2.14. The minimum atomic E-state index is -2.63. The van der Waals surface area contributed by atoms with Crippen LogP contribution in [-0.2, 0) is 34.1 Å². The van der Waals surface area contributed by atoms with Crippen molar-refractivity contribution in [2.75, 3.05) is 13.2 Å². The lowest BCUT2D eigenvalue weighted by atomic mass is 10.3. The summed E-state index contributed by atoms with van der Waals surface area (Å²) in [5.41, 5.74) is -0.274. The first kappa shape index (κ1) is 24.2. The Balaban J connectivity index is 0.000000892. The fourth-order valence-corrected chi connectivity index (χ4v) is 2.61. The van der Waals surface area contributed by atoms with Crippen molar-refractivity contribution in [1.29, 1.82) is 0 Å². The molecule has 158 valence electrons. The van der Waals surface area contributed by atoms with E-state index in [0.717, 1.165) is 4.57 Å². The number of aryl methyl sites for hydroxylation is 1. The van der Waals surface area contributed by atoms with Crippen LogP contribution in [0.1, 0.15) is 46.5 Å². The number of hydrogen-bond donors (Lipinski definition) is 1. The molecule has 0 radical (unpaired) electrons. The number of aromatic nitrogens is 4. The molecule has 0 aliphatic heterocycles. The summed E-state index contributed by atoms with van der Waals surface area (Å²) in [6, 6.07) is 0. The molecule has 1 unspecified atom stereocenters. The third kappa shape index (κ3) is 6.63. The van der Waals surface area contributed by atoms with Gasteiger partial charge in [-0.3, -0.25) is 13.9 Å². The molecule has 0 fully saturated rings. The largest absolute Gasteiger partial charge is 0.694 e. The summed E-state index contributed by atoms with van der Waals surface area (Å²) >= 11 is 0. The van der Waals surface area contributed by atoms with Crippen LogP contribution < -0.4 is 11.2 Å². The van der Waals surface area contributed by atoms with Gasteiger partial charge in [-0.2, -0.15) is 0 Å². The first-order chi connectivity index (χ1) is 13.4. The maximum atomic E-state index is 12.6. The van der Waals surface area contributed by atoms with E-state index < -0.39 is 19.5 Å². The standard InChI is InChI=1S/C13H19N4O6P.C4H10/c1-3-22-9-16-8-14-11-10(16)12(18)17(13(19)15(11)2)6-4-5-7-23-24(20)21;1-3-4-2/h8H,3-7,9H2,1-2H3;3-4H2,1-2H3/p+1. The Bertz CT molecular complexity index is 871. The molecular formula is C17H30N4O6P+. The summed E-state index contributed by atoms with van der Waals surface area (Å²) in [5.74, 6) is 0. The van der Waals surface area contributed by atoms with Gasteiger partial charge < -0.3 is 9.30 Å². The zero-order chi connectivity index (χ0) is 21.1. The molecule has 0 aliphatic carbocycles. The van der Waals surface area contributed by atoms with Crippen LogP contribution in [-0.4, -0.2) is 36.8 Å². The minimum Gasteiger partial charge on any atom is -0.361 e. The van der Waals surface area contributed by atoms with Gasteiger partial charge in [-0.05, 0) is 19.8 Å². The van der Waals surface area contributed by atoms with E-state index in [0.29, 0.717) is 30.6 Å². The molecule has 10 nitrogen and oxygen atoms in total. The van der Waals surface area contributed by atoms with Gasteiger partial charge in [-0.1, -0.05) is 26.7 Å². The zero-order valence-corrected chi connectivity index (χ0v) is 17.9. The van der Waals surface area contributed by atoms with E-state index in [9.17, 15) is 14.2 Å². The highest BCUT2D eigenvalue weighted by Gasteiger charge is 2.16. The summed E-state index contributed by atoms with van der Waals surface area (Å²) in [7, 11) is -1.07. The monoisotopic (exact) mass is 417 g/mol. The third-order valence-electron chi connectivity index (χ3n) is 4.01. The number of rotatable bonds is 10. The molecule has 0 spiro atoms. The Labute approximate surface area is 164 Å². The Morgan fingerprint density at radius 2 is 1.86 bits per heavy atom. The van der Waals surface area contributed by atoms with Gasteiger partial charge in [0.05, 0.1) is 6.33 Å². The van der Waals surface area contributed by atoms with Crippen LogP contribution in [0.5, 0.6) is 0 Å². The Morgan fingerprint density at radius 1 is 1.18 bits per heavy atom. The van der Waals surface area contributed by atoms with Gasteiger partial charge in [0.25, 0.3) is 5.56 Å². The molecule has 2 rings (SSSR count). The smallest absolute Gasteiger partial charge is 0.361 e. The van der Waals surface area contributed by atoms with E-state index in [4.69, 9.17) is 9.63 Å². The maximum absolute atomic E-state index is 12.6. The molecule has 0 saturated heterocycles. The van der Waals surface area contributed by atoms with E-state index >= 15 is 0 Å². The number of ether oxygens (including phenoxy) is 1. The van der Waals surface area contributed by atoms with Gasteiger partial charge in [-0.15, -0.1) is 9.42 Å². The highest BCUT2D eigenvalue weighted by atomic mass is 31.1. The Morgan fingerprint density at radius 3 is 2.43 bits per heavy atom. The van der Waals surface area contributed by atoms with Gasteiger partial charge in [-0.25, -0.2) is 9.78 Å². The second-order valence-electron chi connectivity index (χ2n) is 6.09. The second kappa shape index (κ2) is 12.6. The Kier molecular flexibility index (Phi) is 10.8. The fraction of sp³-hybridized carbons (Fsp3) is 0.706. The molecule has 11 heteroatoms. The first-order valence-electron chi connectivity index (χ1n) is 9.40. The lowest BCUT2D eigenvalue weighted by Gasteiger charge is -2.09. The van der Waals surface area contributed by atoms with Gasteiger partial charge in [0.2, 0.25) is 0 Å². The van der Waals surface area contributed by atoms with Crippen molar-refractivity contribution >= 4 is 19.4 Å². The molecule has 2 aromatic rings. The maximum Gasteiger partial charge on any atom is 0.694 e. The third-order valence-corrected chi connectivity index (χ3v) is 4.42. The summed E-state index contributed by atoms with van der Waals surface area (Å²) < 4.78 is 24.3. The normalized spacial score (nSPS) is 11.4. The predicted octanol–water partition coefficient (Wildman–Crippen LogP) is 2.14. The van der Waals surface area contributed by atoms with E-state index in [1.54, 1.807) is 11.6 Å². The van der Waals surface area contributed by atoms with Crippen LogP contribution in [0.25, 0.3) is 11.2 Å². The van der Waals surface area contributed by atoms with Crippen molar-refractivity contribution in [3.8, 4) is 0 Å². The number of imidazole rings is 1. The summed E-state index contributed by atoms with van der Waals surface area (Å²) in [4.78, 5) is 37.6. The molecule has 0 aromatic carbocycles. The topological polar surface area (TPSA) is 118 Å². The van der Waals surface area contributed by atoms with Gasteiger partial charge in [0.15, 0.2) is 11.2 Å². The van der Waals surface area contributed by atoms with Crippen LogP contribution in [0.4, 0.5) is 0 Å². The van der Waals surface area contributed by atoms with Crippen LogP contribution >= 0.6 is 8.25 Å².